The molecule has 0 spiro atoms. The van der Waals surface area contributed by atoms with Crippen molar-refractivity contribution in [3.05, 3.63) is 29.3 Å². The SMILES string of the molecule is CC[C@H](C)[C@@H](NC(=O)COc1cccc(Cl)c1)C(=O)OC. The standard InChI is InChI=1S/C15H20ClNO4/c1-4-10(2)14(15(19)20-3)17-13(18)9-21-12-7-5-6-11(16)8-12/h5-8,10,14H,4,9H2,1-3H3,(H,17,18)/t10-,14+/m0/s1. The van der Waals surface area contributed by atoms with E-state index in [0.717, 1.165) is 6.42 Å². The van der Waals surface area contributed by atoms with Gasteiger partial charge in [0.25, 0.3) is 5.91 Å². The molecule has 0 fully saturated rings. The number of carbonyl (C=O) groups excluding carboxylic acids is 2. The van der Waals surface area contributed by atoms with Gasteiger partial charge in [-0.2, -0.15) is 0 Å². The summed E-state index contributed by atoms with van der Waals surface area (Å²) in [5.41, 5.74) is 0. The van der Waals surface area contributed by atoms with E-state index in [4.69, 9.17) is 21.1 Å². The first-order valence-electron chi connectivity index (χ1n) is 6.73. The van der Waals surface area contributed by atoms with Crippen molar-refractivity contribution >= 4 is 23.5 Å². The summed E-state index contributed by atoms with van der Waals surface area (Å²) in [6, 6.07) is 6.08. The first-order valence-corrected chi connectivity index (χ1v) is 7.11. The van der Waals surface area contributed by atoms with Crippen molar-refractivity contribution in [3.63, 3.8) is 0 Å². The number of amides is 1. The van der Waals surface area contributed by atoms with Crippen LogP contribution in [0.25, 0.3) is 0 Å². The quantitative estimate of drug-likeness (QED) is 0.785. The van der Waals surface area contributed by atoms with E-state index >= 15 is 0 Å². The van der Waals surface area contributed by atoms with E-state index in [2.05, 4.69) is 5.32 Å². The number of methoxy groups -OCH3 is 1. The molecule has 116 valence electrons. The van der Waals surface area contributed by atoms with Crippen LogP contribution in [-0.2, 0) is 14.3 Å². The van der Waals surface area contributed by atoms with Crippen LogP contribution in [-0.4, -0.2) is 31.6 Å². The van der Waals surface area contributed by atoms with Crippen LogP contribution in [0.1, 0.15) is 20.3 Å². The Hall–Kier alpha value is -1.75. The topological polar surface area (TPSA) is 64.6 Å². The van der Waals surface area contributed by atoms with E-state index in [1.807, 2.05) is 13.8 Å². The highest BCUT2D eigenvalue weighted by Gasteiger charge is 2.26. The molecule has 1 aromatic rings. The molecule has 0 saturated carbocycles. The van der Waals surface area contributed by atoms with Gasteiger partial charge >= 0.3 is 5.97 Å². The van der Waals surface area contributed by atoms with Gasteiger partial charge in [-0.15, -0.1) is 0 Å². The normalized spacial score (nSPS) is 13.1. The fraction of sp³-hybridized carbons (Fsp3) is 0.467. The zero-order valence-electron chi connectivity index (χ0n) is 12.4. The second-order valence-electron chi connectivity index (χ2n) is 4.70. The number of esters is 1. The third-order valence-corrected chi connectivity index (χ3v) is 3.39. The summed E-state index contributed by atoms with van der Waals surface area (Å²) in [4.78, 5) is 23.5. The average molecular weight is 314 g/mol. The van der Waals surface area contributed by atoms with Crippen LogP contribution in [0.3, 0.4) is 0 Å². The maximum Gasteiger partial charge on any atom is 0.328 e. The van der Waals surface area contributed by atoms with Crippen LogP contribution >= 0.6 is 11.6 Å². The Morgan fingerprint density at radius 1 is 1.38 bits per heavy atom. The summed E-state index contributed by atoms with van der Waals surface area (Å²) in [6.45, 7) is 3.62. The molecular weight excluding hydrogens is 294 g/mol. The highest BCUT2D eigenvalue weighted by molar-refractivity contribution is 6.30. The first kappa shape index (κ1) is 17.3. The molecule has 0 radical (unpaired) electrons. The number of rotatable bonds is 7. The lowest BCUT2D eigenvalue weighted by molar-refractivity contribution is -0.146. The van der Waals surface area contributed by atoms with E-state index in [0.29, 0.717) is 10.8 Å². The molecule has 0 heterocycles. The summed E-state index contributed by atoms with van der Waals surface area (Å²) in [5.74, 6) is -0.366. The van der Waals surface area contributed by atoms with Crippen molar-refractivity contribution in [2.75, 3.05) is 13.7 Å². The molecule has 1 rings (SSSR count). The molecule has 0 aliphatic rings. The number of carbonyl (C=O) groups is 2. The highest BCUT2D eigenvalue weighted by atomic mass is 35.5. The first-order chi connectivity index (χ1) is 9.97. The Morgan fingerprint density at radius 3 is 2.67 bits per heavy atom. The van der Waals surface area contributed by atoms with Gasteiger partial charge in [0, 0.05) is 5.02 Å². The lowest BCUT2D eigenvalue weighted by atomic mass is 9.99. The molecule has 1 aromatic carbocycles. The monoisotopic (exact) mass is 313 g/mol. The maximum atomic E-state index is 11.9. The van der Waals surface area contributed by atoms with Crippen LogP contribution in [0.5, 0.6) is 5.75 Å². The number of ether oxygens (including phenoxy) is 2. The summed E-state index contributed by atoms with van der Waals surface area (Å²) in [5, 5.41) is 3.16. The lowest BCUT2D eigenvalue weighted by Crippen LogP contribution is -2.47. The number of hydrogen-bond acceptors (Lipinski definition) is 4. The van der Waals surface area contributed by atoms with Crippen molar-refractivity contribution in [1.82, 2.24) is 5.32 Å². The van der Waals surface area contributed by atoms with Crippen LogP contribution in [0, 0.1) is 5.92 Å². The number of benzene rings is 1. The molecule has 1 N–H and O–H groups in total. The Labute approximate surface area is 129 Å². The molecule has 6 heteroatoms. The molecule has 0 aromatic heterocycles. The summed E-state index contributed by atoms with van der Waals surface area (Å²) < 4.78 is 10.0. The van der Waals surface area contributed by atoms with Crippen LogP contribution < -0.4 is 10.1 Å². The smallest absolute Gasteiger partial charge is 0.328 e. The van der Waals surface area contributed by atoms with Crippen LogP contribution in [0.4, 0.5) is 0 Å². The van der Waals surface area contributed by atoms with Crippen LogP contribution in [0.2, 0.25) is 5.02 Å². The van der Waals surface area contributed by atoms with Gasteiger partial charge in [0.05, 0.1) is 7.11 Å². The second kappa shape index (κ2) is 8.52. The molecule has 0 aliphatic carbocycles. The number of nitrogens with one attached hydrogen (secondary N) is 1. The minimum Gasteiger partial charge on any atom is -0.484 e. The third-order valence-electron chi connectivity index (χ3n) is 3.15. The predicted octanol–water partition coefficient (Wildman–Crippen LogP) is 2.42. The van der Waals surface area contributed by atoms with Crippen molar-refractivity contribution < 1.29 is 19.1 Å². The van der Waals surface area contributed by atoms with E-state index in [1.54, 1.807) is 24.3 Å². The summed E-state index contributed by atoms with van der Waals surface area (Å²) in [7, 11) is 1.30. The van der Waals surface area contributed by atoms with Crippen molar-refractivity contribution in [1.29, 1.82) is 0 Å². The minimum absolute atomic E-state index is 0.0208. The average Bonchev–Trinajstić information content (AvgIpc) is 2.49. The summed E-state index contributed by atoms with van der Waals surface area (Å²) in [6.07, 6.45) is 0.745. The lowest BCUT2D eigenvalue weighted by Gasteiger charge is -2.21. The van der Waals surface area contributed by atoms with Gasteiger partial charge in [0.15, 0.2) is 6.61 Å². The van der Waals surface area contributed by atoms with E-state index in [-0.39, 0.29) is 18.4 Å². The van der Waals surface area contributed by atoms with Gasteiger partial charge in [-0.1, -0.05) is 37.9 Å². The molecule has 0 bridgehead atoms. The fourth-order valence-electron chi connectivity index (χ4n) is 1.72. The Balaban J connectivity index is 2.56. The molecule has 0 saturated heterocycles. The van der Waals surface area contributed by atoms with Gasteiger partial charge in [0.2, 0.25) is 0 Å². The molecule has 1 amide bonds. The van der Waals surface area contributed by atoms with Crippen molar-refractivity contribution in [2.45, 2.75) is 26.3 Å². The zero-order valence-corrected chi connectivity index (χ0v) is 13.1. The zero-order chi connectivity index (χ0) is 15.8. The largest absolute Gasteiger partial charge is 0.484 e. The summed E-state index contributed by atoms with van der Waals surface area (Å²) >= 11 is 5.82. The molecule has 21 heavy (non-hydrogen) atoms. The van der Waals surface area contributed by atoms with E-state index < -0.39 is 12.0 Å². The molecule has 0 aliphatic heterocycles. The molecule has 5 nitrogen and oxygen atoms in total. The predicted molar refractivity (Wildman–Crippen MR) is 80.3 cm³/mol. The molecule has 0 unspecified atom stereocenters. The second-order valence-corrected chi connectivity index (χ2v) is 5.14. The Bertz CT molecular complexity index is 492. The number of hydrogen-bond donors (Lipinski definition) is 1. The maximum absolute atomic E-state index is 11.9. The Morgan fingerprint density at radius 2 is 2.10 bits per heavy atom. The minimum atomic E-state index is -0.671. The van der Waals surface area contributed by atoms with E-state index in [1.165, 1.54) is 7.11 Å². The van der Waals surface area contributed by atoms with Crippen LogP contribution in [0.15, 0.2) is 24.3 Å². The van der Waals surface area contributed by atoms with Gasteiger partial charge in [-0.05, 0) is 24.1 Å². The van der Waals surface area contributed by atoms with Crippen molar-refractivity contribution in [2.24, 2.45) is 5.92 Å². The molecular formula is C15H20ClNO4. The number of halogens is 1. The molecule has 2 atom stereocenters. The van der Waals surface area contributed by atoms with E-state index in [9.17, 15) is 9.59 Å². The fourth-order valence-corrected chi connectivity index (χ4v) is 1.90. The Kier molecular flexibility index (Phi) is 7.02. The van der Waals surface area contributed by atoms with Gasteiger partial charge in [-0.3, -0.25) is 4.79 Å². The van der Waals surface area contributed by atoms with Crippen molar-refractivity contribution in [3.8, 4) is 5.75 Å². The highest BCUT2D eigenvalue weighted by Crippen LogP contribution is 2.17. The van der Waals surface area contributed by atoms with Gasteiger partial charge in [-0.25, -0.2) is 4.79 Å². The van der Waals surface area contributed by atoms with Gasteiger partial charge in [0.1, 0.15) is 11.8 Å². The third kappa shape index (κ3) is 5.63. The van der Waals surface area contributed by atoms with Gasteiger partial charge < -0.3 is 14.8 Å².